The molecule has 1 aliphatic carbocycles. The molecule has 1 amide bonds. The van der Waals surface area contributed by atoms with E-state index < -0.39 is 0 Å². The van der Waals surface area contributed by atoms with Gasteiger partial charge in [0.15, 0.2) is 0 Å². The lowest BCUT2D eigenvalue weighted by Gasteiger charge is -2.16. The number of hydrogen-bond acceptors (Lipinski definition) is 9. The molecule has 2 aromatic carbocycles. The molecule has 3 aromatic heterocycles. The quantitative estimate of drug-likeness (QED) is 0.293. The predicted octanol–water partition coefficient (Wildman–Crippen LogP) is 4.59. The first kappa shape index (κ1) is 22.8. The van der Waals surface area contributed by atoms with Crippen LogP contribution in [0, 0.1) is 0 Å². The lowest BCUT2D eigenvalue weighted by atomic mass is 10.1. The van der Waals surface area contributed by atoms with Crippen LogP contribution in [0.25, 0.3) is 33.2 Å². The summed E-state index contributed by atoms with van der Waals surface area (Å²) in [5, 5.41) is 14.5. The summed E-state index contributed by atoms with van der Waals surface area (Å²) in [7, 11) is 3.13. The molecule has 1 aliphatic rings. The van der Waals surface area contributed by atoms with Gasteiger partial charge >= 0.3 is 0 Å². The van der Waals surface area contributed by atoms with Crippen molar-refractivity contribution in [2.75, 3.05) is 19.5 Å². The zero-order valence-electron chi connectivity index (χ0n) is 20.4. The number of fused-ring (bicyclic) bond motifs is 2. The molecule has 0 radical (unpaired) electrons. The summed E-state index contributed by atoms with van der Waals surface area (Å²) in [5.74, 6) is 1.13. The van der Waals surface area contributed by atoms with E-state index in [-0.39, 0.29) is 12.0 Å². The summed E-state index contributed by atoms with van der Waals surface area (Å²) in [6.07, 6.45) is 6.22. The Morgan fingerprint density at radius 1 is 1.08 bits per heavy atom. The van der Waals surface area contributed by atoms with E-state index >= 15 is 0 Å². The molecule has 0 atom stereocenters. The first-order chi connectivity index (χ1) is 18.1. The van der Waals surface area contributed by atoms with Gasteiger partial charge in [0, 0.05) is 24.4 Å². The zero-order chi connectivity index (χ0) is 25.4. The van der Waals surface area contributed by atoms with Crippen LogP contribution in [0.3, 0.4) is 0 Å². The van der Waals surface area contributed by atoms with Gasteiger partial charge in [-0.1, -0.05) is 6.07 Å². The predicted molar refractivity (Wildman–Crippen MR) is 137 cm³/mol. The highest BCUT2D eigenvalue weighted by Gasteiger charge is 2.23. The van der Waals surface area contributed by atoms with E-state index in [2.05, 4.69) is 25.9 Å². The Labute approximate surface area is 211 Å². The highest BCUT2D eigenvalue weighted by molar-refractivity contribution is 5.99. The SMILES string of the molecule is CNC(=O)c1ccc(Nc2nc(OC3CCCC3)c3c(-c4ccc5nonc5c4)c[nH]c3n2)c(OC)c1. The Balaban J connectivity index is 1.42. The van der Waals surface area contributed by atoms with Crippen molar-refractivity contribution in [1.82, 2.24) is 30.6 Å². The average Bonchev–Trinajstić information content (AvgIpc) is 3.69. The molecule has 6 rings (SSSR count). The number of ether oxygens (including phenoxy) is 2. The van der Waals surface area contributed by atoms with Crippen LogP contribution in [-0.2, 0) is 0 Å². The van der Waals surface area contributed by atoms with Crippen LogP contribution < -0.4 is 20.1 Å². The van der Waals surface area contributed by atoms with Gasteiger partial charge in [-0.3, -0.25) is 4.79 Å². The maximum absolute atomic E-state index is 12.0. The Bertz CT molecular complexity index is 1600. The lowest BCUT2D eigenvalue weighted by Crippen LogP contribution is -2.17. The average molecular weight is 500 g/mol. The maximum Gasteiger partial charge on any atom is 0.251 e. The van der Waals surface area contributed by atoms with Crippen LogP contribution in [0.4, 0.5) is 11.6 Å². The van der Waals surface area contributed by atoms with Crippen LogP contribution in [-0.4, -0.2) is 51.4 Å². The van der Waals surface area contributed by atoms with Gasteiger partial charge in [0.1, 0.15) is 28.5 Å². The Morgan fingerprint density at radius 2 is 1.92 bits per heavy atom. The molecule has 3 heterocycles. The van der Waals surface area contributed by atoms with Crippen molar-refractivity contribution in [2.45, 2.75) is 31.8 Å². The lowest BCUT2D eigenvalue weighted by molar-refractivity contribution is 0.0962. The summed E-state index contributed by atoms with van der Waals surface area (Å²) < 4.78 is 16.8. The van der Waals surface area contributed by atoms with Crippen molar-refractivity contribution in [3.8, 4) is 22.8 Å². The standard InChI is InChI=1S/C26H25N7O4/c1-27-24(34)15-8-10-19(21(12-15)35-2)29-26-30-23-22(25(31-26)36-16-5-3-4-6-16)17(13-28-23)14-7-9-18-20(11-14)33-37-32-18/h7-13,16H,3-6H2,1-2H3,(H,27,34)(H2,28,29,30,31). The minimum Gasteiger partial charge on any atom is -0.495 e. The zero-order valence-corrected chi connectivity index (χ0v) is 20.4. The number of H-pyrrole nitrogens is 1. The van der Waals surface area contributed by atoms with E-state index in [0.29, 0.717) is 45.5 Å². The van der Waals surface area contributed by atoms with Crippen LogP contribution in [0.15, 0.2) is 47.2 Å². The number of rotatable bonds is 7. The Hall–Kier alpha value is -4.67. The number of aromatic nitrogens is 5. The number of carbonyl (C=O) groups is 1. The molecule has 11 nitrogen and oxygen atoms in total. The van der Waals surface area contributed by atoms with E-state index in [1.54, 1.807) is 32.4 Å². The topological polar surface area (TPSA) is 140 Å². The second-order valence-corrected chi connectivity index (χ2v) is 8.89. The van der Waals surface area contributed by atoms with Crippen LogP contribution in [0.5, 0.6) is 11.6 Å². The highest BCUT2D eigenvalue weighted by atomic mass is 16.6. The van der Waals surface area contributed by atoms with Crippen molar-refractivity contribution in [3.63, 3.8) is 0 Å². The van der Waals surface area contributed by atoms with Crippen molar-refractivity contribution in [2.24, 2.45) is 0 Å². The van der Waals surface area contributed by atoms with Crippen LogP contribution in [0.1, 0.15) is 36.0 Å². The molecule has 0 aliphatic heterocycles. The second kappa shape index (κ2) is 9.41. The fourth-order valence-electron chi connectivity index (χ4n) is 4.68. The van der Waals surface area contributed by atoms with E-state index in [4.69, 9.17) is 24.1 Å². The number of carbonyl (C=O) groups excluding carboxylic acids is 1. The molecule has 37 heavy (non-hydrogen) atoms. The summed E-state index contributed by atoms with van der Waals surface area (Å²) in [6.45, 7) is 0. The molecule has 188 valence electrons. The minimum absolute atomic E-state index is 0.0947. The fourth-order valence-corrected chi connectivity index (χ4v) is 4.68. The monoisotopic (exact) mass is 499 g/mol. The molecule has 1 saturated carbocycles. The number of aromatic amines is 1. The van der Waals surface area contributed by atoms with Gasteiger partial charge in [-0.25, -0.2) is 4.63 Å². The summed E-state index contributed by atoms with van der Waals surface area (Å²) in [5.41, 5.74) is 4.90. The van der Waals surface area contributed by atoms with Crippen molar-refractivity contribution < 1.29 is 18.9 Å². The smallest absolute Gasteiger partial charge is 0.251 e. The molecule has 11 heteroatoms. The molecule has 0 saturated heterocycles. The van der Waals surface area contributed by atoms with Gasteiger partial charge in [-0.15, -0.1) is 0 Å². The summed E-state index contributed by atoms with van der Waals surface area (Å²) >= 11 is 0. The molecule has 0 bridgehead atoms. The third-order valence-corrected chi connectivity index (χ3v) is 6.58. The number of benzene rings is 2. The van der Waals surface area contributed by atoms with Crippen molar-refractivity contribution in [1.29, 1.82) is 0 Å². The molecule has 0 spiro atoms. The second-order valence-electron chi connectivity index (χ2n) is 8.89. The van der Waals surface area contributed by atoms with Crippen molar-refractivity contribution >= 4 is 39.6 Å². The Morgan fingerprint density at radius 3 is 2.73 bits per heavy atom. The van der Waals surface area contributed by atoms with E-state index in [0.717, 1.165) is 42.2 Å². The van der Waals surface area contributed by atoms with Gasteiger partial charge in [0.2, 0.25) is 11.8 Å². The molecule has 5 aromatic rings. The number of methoxy groups -OCH3 is 1. The molecule has 1 fully saturated rings. The fraction of sp³-hybridized carbons (Fsp3) is 0.269. The number of anilines is 2. The van der Waals surface area contributed by atoms with Gasteiger partial charge in [0.05, 0.1) is 18.2 Å². The highest BCUT2D eigenvalue weighted by Crippen LogP contribution is 2.38. The van der Waals surface area contributed by atoms with Gasteiger partial charge in [0.25, 0.3) is 5.91 Å². The van der Waals surface area contributed by atoms with Gasteiger partial charge in [-0.05, 0) is 71.9 Å². The first-order valence-corrected chi connectivity index (χ1v) is 12.1. The third-order valence-electron chi connectivity index (χ3n) is 6.58. The van der Waals surface area contributed by atoms with Crippen molar-refractivity contribution in [3.05, 3.63) is 48.2 Å². The summed E-state index contributed by atoms with van der Waals surface area (Å²) in [4.78, 5) is 24.8. The summed E-state index contributed by atoms with van der Waals surface area (Å²) in [6, 6.07) is 10.9. The molecular weight excluding hydrogens is 474 g/mol. The first-order valence-electron chi connectivity index (χ1n) is 12.1. The molecule has 0 unspecified atom stereocenters. The van der Waals surface area contributed by atoms with Crippen LogP contribution >= 0.6 is 0 Å². The third kappa shape index (κ3) is 4.28. The largest absolute Gasteiger partial charge is 0.495 e. The van der Waals surface area contributed by atoms with Gasteiger partial charge in [-0.2, -0.15) is 9.97 Å². The number of hydrogen-bond donors (Lipinski definition) is 3. The molecular formula is C26H25N7O4. The van der Waals surface area contributed by atoms with E-state index in [1.165, 1.54) is 0 Å². The Kier molecular flexibility index (Phi) is 5.79. The normalized spacial score (nSPS) is 13.8. The number of amides is 1. The number of nitrogens with one attached hydrogen (secondary N) is 3. The van der Waals surface area contributed by atoms with E-state index in [1.807, 2.05) is 24.4 Å². The van der Waals surface area contributed by atoms with Gasteiger partial charge < -0.3 is 25.1 Å². The van der Waals surface area contributed by atoms with E-state index in [9.17, 15) is 4.79 Å². The maximum atomic E-state index is 12.0. The molecule has 3 N–H and O–H groups in total. The minimum atomic E-state index is -0.201. The number of nitrogens with zero attached hydrogens (tertiary/aromatic N) is 4. The van der Waals surface area contributed by atoms with Crippen LogP contribution in [0.2, 0.25) is 0 Å².